The van der Waals surface area contributed by atoms with E-state index in [1.165, 1.54) is 18.2 Å². The molecule has 0 aliphatic carbocycles. The van der Waals surface area contributed by atoms with Crippen LogP contribution in [0, 0.1) is 17.1 Å². The number of nitrogens with zero attached hydrogens (tertiary/aromatic N) is 1. The summed E-state index contributed by atoms with van der Waals surface area (Å²) in [6, 6.07) is 5.92. The van der Waals surface area contributed by atoms with E-state index in [1.807, 2.05) is 0 Å². The second-order valence-corrected chi connectivity index (χ2v) is 5.73. The molecule has 1 aromatic carbocycles. The SMILES string of the molecule is N#Cc1c(F)cccc1OCCCCCS(N)(=O)=O. The molecule has 2 N–H and O–H groups in total. The van der Waals surface area contributed by atoms with Crippen LogP contribution in [-0.2, 0) is 10.0 Å². The number of ether oxygens (including phenoxy) is 1. The van der Waals surface area contributed by atoms with E-state index in [0.29, 0.717) is 25.9 Å². The molecule has 0 atom stereocenters. The standard InChI is InChI=1S/C12H15FN2O3S/c13-11-5-4-6-12(10(11)9-14)18-7-2-1-3-8-19(15,16)17/h4-6H,1-3,7-8H2,(H2,15,16,17). The number of hydrogen-bond acceptors (Lipinski definition) is 4. The zero-order chi connectivity index (χ0) is 14.3. The summed E-state index contributed by atoms with van der Waals surface area (Å²) in [6.07, 6.45) is 1.70. The van der Waals surface area contributed by atoms with Gasteiger partial charge in [0.15, 0.2) is 0 Å². The summed E-state index contributed by atoms with van der Waals surface area (Å²) >= 11 is 0. The maximum atomic E-state index is 13.2. The van der Waals surface area contributed by atoms with E-state index in [-0.39, 0.29) is 17.1 Å². The van der Waals surface area contributed by atoms with Gasteiger partial charge in [-0.2, -0.15) is 5.26 Å². The maximum Gasteiger partial charge on any atom is 0.209 e. The molecule has 0 heterocycles. The van der Waals surface area contributed by atoms with Gasteiger partial charge < -0.3 is 4.74 Å². The zero-order valence-corrected chi connectivity index (χ0v) is 11.1. The van der Waals surface area contributed by atoms with Crippen LogP contribution in [0.3, 0.4) is 0 Å². The van der Waals surface area contributed by atoms with Crippen LogP contribution >= 0.6 is 0 Å². The van der Waals surface area contributed by atoms with Gasteiger partial charge in [0, 0.05) is 0 Å². The van der Waals surface area contributed by atoms with Crippen molar-refractivity contribution >= 4 is 10.0 Å². The van der Waals surface area contributed by atoms with Crippen molar-refractivity contribution in [2.75, 3.05) is 12.4 Å². The van der Waals surface area contributed by atoms with Gasteiger partial charge >= 0.3 is 0 Å². The average Bonchev–Trinajstić information content (AvgIpc) is 2.32. The van der Waals surface area contributed by atoms with Gasteiger partial charge in [0.05, 0.1) is 12.4 Å². The normalized spacial score (nSPS) is 11.0. The molecule has 104 valence electrons. The van der Waals surface area contributed by atoms with Crippen LogP contribution in [0.4, 0.5) is 4.39 Å². The second kappa shape index (κ2) is 7.07. The summed E-state index contributed by atoms with van der Waals surface area (Å²) in [6.45, 7) is 0.294. The minimum Gasteiger partial charge on any atom is -0.492 e. The minimum atomic E-state index is -3.41. The zero-order valence-electron chi connectivity index (χ0n) is 10.3. The van der Waals surface area contributed by atoms with Crippen molar-refractivity contribution < 1.29 is 17.5 Å². The van der Waals surface area contributed by atoms with Gasteiger partial charge in [-0.05, 0) is 31.4 Å². The number of sulfonamides is 1. The molecule has 5 nitrogen and oxygen atoms in total. The van der Waals surface area contributed by atoms with E-state index < -0.39 is 15.8 Å². The Labute approximate surface area is 111 Å². The van der Waals surface area contributed by atoms with E-state index in [1.54, 1.807) is 6.07 Å². The van der Waals surface area contributed by atoms with Gasteiger partial charge in [0.2, 0.25) is 10.0 Å². The first-order valence-corrected chi connectivity index (χ1v) is 7.47. The highest BCUT2D eigenvalue weighted by Crippen LogP contribution is 2.20. The molecule has 0 unspecified atom stereocenters. The van der Waals surface area contributed by atoms with Crippen LogP contribution in [0.1, 0.15) is 24.8 Å². The van der Waals surface area contributed by atoms with Gasteiger partial charge in [0.1, 0.15) is 23.2 Å². The van der Waals surface area contributed by atoms with Crippen LogP contribution in [0.2, 0.25) is 0 Å². The number of unbranched alkanes of at least 4 members (excludes halogenated alkanes) is 2. The van der Waals surface area contributed by atoms with Gasteiger partial charge in [0.25, 0.3) is 0 Å². The molecular weight excluding hydrogens is 271 g/mol. The number of nitriles is 1. The first-order chi connectivity index (χ1) is 8.94. The lowest BCUT2D eigenvalue weighted by Gasteiger charge is -2.07. The lowest BCUT2D eigenvalue weighted by Crippen LogP contribution is -2.16. The van der Waals surface area contributed by atoms with Crippen molar-refractivity contribution in [2.24, 2.45) is 5.14 Å². The van der Waals surface area contributed by atoms with E-state index in [0.717, 1.165) is 0 Å². The quantitative estimate of drug-likeness (QED) is 0.769. The van der Waals surface area contributed by atoms with Crippen molar-refractivity contribution in [1.82, 2.24) is 0 Å². The summed E-state index contributed by atoms with van der Waals surface area (Å²) in [4.78, 5) is 0. The van der Waals surface area contributed by atoms with Gasteiger partial charge in [-0.25, -0.2) is 17.9 Å². The van der Waals surface area contributed by atoms with E-state index in [4.69, 9.17) is 15.1 Å². The molecule has 0 bridgehead atoms. The molecule has 0 saturated heterocycles. The summed E-state index contributed by atoms with van der Waals surface area (Å²) in [7, 11) is -3.41. The summed E-state index contributed by atoms with van der Waals surface area (Å²) in [5, 5.41) is 13.6. The molecule has 0 aliphatic heterocycles. The van der Waals surface area contributed by atoms with E-state index in [2.05, 4.69) is 0 Å². The predicted molar refractivity (Wildman–Crippen MR) is 68.4 cm³/mol. The molecule has 0 amide bonds. The molecule has 19 heavy (non-hydrogen) atoms. The van der Waals surface area contributed by atoms with Crippen molar-refractivity contribution in [2.45, 2.75) is 19.3 Å². The van der Waals surface area contributed by atoms with Crippen molar-refractivity contribution in [3.63, 3.8) is 0 Å². The van der Waals surface area contributed by atoms with Gasteiger partial charge in [-0.3, -0.25) is 0 Å². The summed E-state index contributed by atoms with van der Waals surface area (Å²) < 4.78 is 39.9. The number of hydrogen-bond donors (Lipinski definition) is 1. The summed E-state index contributed by atoms with van der Waals surface area (Å²) in [5.74, 6) is -0.473. The fraction of sp³-hybridized carbons (Fsp3) is 0.417. The van der Waals surface area contributed by atoms with Crippen LogP contribution in [0.5, 0.6) is 5.75 Å². The fourth-order valence-electron chi connectivity index (χ4n) is 1.50. The Bertz CT molecular complexity index is 567. The number of primary sulfonamides is 1. The number of halogens is 1. The maximum absolute atomic E-state index is 13.2. The Kier molecular flexibility index (Phi) is 5.73. The summed E-state index contributed by atoms with van der Waals surface area (Å²) in [5.41, 5.74) is -0.118. The Morgan fingerprint density at radius 3 is 2.68 bits per heavy atom. The molecule has 0 fully saturated rings. The Morgan fingerprint density at radius 1 is 1.32 bits per heavy atom. The van der Waals surface area contributed by atoms with Gasteiger partial charge in [-0.1, -0.05) is 6.07 Å². The number of nitrogens with two attached hydrogens (primary N) is 1. The highest BCUT2D eigenvalue weighted by molar-refractivity contribution is 7.89. The van der Waals surface area contributed by atoms with Crippen LogP contribution in [-0.4, -0.2) is 20.8 Å². The second-order valence-electron chi connectivity index (χ2n) is 4.00. The number of benzene rings is 1. The first-order valence-electron chi connectivity index (χ1n) is 5.76. The third kappa shape index (κ3) is 5.68. The van der Waals surface area contributed by atoms with Crippen LogP contribution in [0.15, 0.2) is 18.2 Å². The molecule has 1 aromatic rings. The Morgan fingerprint density at radius 2 is 2.05 bits per heavy atom. The highest BCUT2D eigenvalue weighted by Gasteiger charge is 2.08. The van der Waals surface area contributed by atoms with Gasteiger partial charge in [-0.15, -0.1) is 0 Å². The lowest BCUT2D eigenvalue weighted by atomic mass is 10.2. The largest absolute Gasteiger partial charge is 0.492 e. The third-order valence-corrected chi connectivity index (χ3v) is 3.28. The third-order valence-electron chi connectivity index (χ3n) is 2.42. The van der Waals surface area contributed by atoms with Crippen LogP contribution in [0.25, 0.3) is 0 Å². The predicted octanol–water partition coefficient (Wildman–Crippen LogP) is 1.53. The monoisotopic (exact) mass is 286 g/mol. The molecular formula is C12H15FN2O3S. The number of rotatable bonds is 7. The van der Waals surface area contributed by atoms with E-state index in [9.17, 15) is 12.8 Å². The topological polar surface area (TPSA) is 93.2 Å². The fourth-order valence-corrected chi connectivity index (χ4v) is 2.10. The smallest absolute Gasteiger partial charge is 0.209 e. The van der Waals surface area contributed by atoms with E-state index >= 15 is 0 Å². The first kappa shape index (κ1) is 15.4. The molecule has 0 saturated carbocycles. The Balaban J connectivity index is 2.35. The van der Waals surface area contributed by atoms with Crippen molar-refractivity contribution in [1.29, 1.82) is 5.26 Å². The highest BCUT2D eigenvalue weighted by atomic mass is 32.2. The van der Waals surface area contributed by atoms with Crippen LogP contribution < -0.4 is 9.88 Å². The molecule has 0 radical (unpaired) electrons. The minimum absolute atomic E-state index is 0.0591. The van der Waals surface area contributed by atoms with Crippen molar-refractivity contribution in [3.05, 3.63) is 29.6 Å². The average molecular weight is 286 g/mol. The molecule has 0 aliphatic rings. The van der Waals surface area contributed by atoms with Crippen molar-refractivity contribution in [3.8, 4) is 11.8 Å². The molecule has 1 rings (SSSR count). The molecule has 0 spiro atoms. The molecule has 7 heteroatoms. The Hall–Kier alpha value is -1.65. The molecule has 0 aromatic heterocycles. The lowest BCUT2D eigenvalue weighted by molar-refractivity contribution is 0.304.